The zero-order chi connectivity index (χ0) is 10.7. The summed E-state index contributed by atoms with van der Waals surface area (Å²) in [5, 5.41) is 33.1. The van der Waals surface area contributed by atoms with Gasteiger partial charge >= 0.3 is 0 Å². The lowest BCUT2D eigenvalue weighted by molar-refractivity contribution is -0.119. The maximum atomic E-state index is 10.6. The minimum absolute atomic E-state index is 0.194. The highest BCUT2D eigenvalue weighted by atomic mass is 16.3. The standard InChI is InChI=1S/C8H16N2O4/c1-4(12)9-2-5-7(13)8(14)6(3-11)10-5/h5-8,10-11,13-14H,2-3H2,1H3,(H,9,12)/t5-,6+,7+,8+/m1/s1. The number of nitrogens with one attached hydrogen (secondary N) is 2. The van der Waals surface area contributed by atoms with Crippen molar-refractivity contribution in [2.24, 2.45) is 0 Å². The highest BCUT2D eigenvalue weighted by molar-refractivity contribution is 5.72. The van der Waals surface area contributed by atoms with Crippen molar-refractivity contribution < 1.29 is 20.1 Å². The van der Waals surface area contributed by atoms with Gasteiger partial charge in [0.05, 0.1) is 30.9 Å². The van der Waals surface area contributed by atoms with Crippen LogP contribution in [0.3, 0.4) is 0 Å². The van der Waals surface area contributed by atoms with E-state index in [0.29, 0.717) is 0 Å². The summed E-state index contributed by atoms with van der Waals surface area (Å²) in [7, 11) is 0. The zero-order valence-corrected chi connectivity index (χ0v) is 7.97. The molecule has 1 fully saturated rings. The van der Waals surface area contributed by atoms with E-state index in [1.165, 1.54) is 6.92 Å². The molecule has 6 nitrogen and oxygen atoms in total. The number of carbonyl (C=O) groups is 1. The molecule has 4 atom stereocenters. The summed E-state index contributed by atoms with van der Waals surface area (Å²) >= 11 is 0. The Morgan fingerprint density at radius 3 is 2.36 bits per heavy atom. The first-order chi connectivity index (χ1) is 6.56. The maximum absolute atomic E-state index is 10.6. The molecule has 0 aromatic carbocycles. The predicted molar refractivity (Wildman–Crippen MR) is 48.5 cm³/mol. The van der Waals surface area contributed by atoms with Crippen LogP contribution in [0.2, 0.25) is 0 Å². The van der Waals surface area contributed by atoms with Gasteiger partial charge in [0.1, 0.15) is 0 Å². The number of aliphatic hydroxyl groups excluding tert-OH is 3. The second kappa shape index (κ2) is 4.70. The molecule has 1 saturated heterocycles. The molecule has 0 aliphatic carbocycles. The van der Waals surface area contributed by atoms with Gasteiger partial charge in [-0.15, -0.1) is 0 Å². The minimum atomic E-state index is -0.987. The van der Waals surface area contributed by atoms with E-state index >= 15 is 0 Å². The fourth-order valence-electron chi connectivity index (χ4n) is 1.54. The largest absolute Gasteiger partial charge is 0.395 e. The third-order valence-electron chi connectivity index (χ3n) is 2.37. The monoisotopic (exact) mass is 204 g/mol. The summed E-state index contributed by atoms with van der Waals surface area (Å²) < 4.78 is 0. The molecule has 0 aromatic rings. The van der Waals surface area contributed by atoms with Crippen LogP contribution in [0.5, 0.6) is 0 Å². The van der Waals surface area contributed by atoms with Gasteiger partial charge in [-0.05, 0) is 0 Å². The van der Waals surface area contributed by atoms with E-state index in [4.69, 9.17) is 5.11 Å². The molecule has 5 N–H and O–H groups in total. The van der Waals surface area contributed by atoms with E-state index in [-0.39, 0.29) is 19.1 Å². The summed E-state index contributed by atoms with van der Waals surface area (Å²) in [4.78, 5) is 10.6. The molecular weight excluding hydrogens is 188 g/mol. The Morgan fingerprint density at radius 2 is 1.93 bits per heavy atom. The number of rotatable bonds is 3. The molecule has 14 heavy (non-hydrogen) atoms. The van der Waals surface area contributed by atoms with Gasteiger partial charge in [0.2, 0.25) is 5.91 Å². The second-order valence-electron chi connectivity index (χ2n) is 3.48. The molecule has 1 rings (SSSR count). The van der Waals surface area contributed by atoms with Crippen molar-refractivity contribution in [2.75, 3.05) is 13.2 Å². The van der Waals surface area contributed by atoms with Gasteiger partial charge < -0.3 is 26.0 Å². The Balaban J connectivity index is 2.44. The number of aliphatic hydroxyl groups is 3. The normalized spacial score (nSPS) is 37.1. The van der Waals surface area contributed by atoms with Crippen molar-refractivity contribution in [3.05, 3.63) is 0 Å². The van der Waals surface area contributed by atoms with Crippen LogP contribution in [-0.2, 0) is 4.79 Å². The first kappa shape index (κ1) is 11.4. The lowest BCUT2D eigenvalue weighted by Crippen LogP contribution is -2.43. The molecule has 1 aliphatic rings. The van der Waals surface area contributed by atoms with E-state index in [1.54, 1.807) is 0 Å². The molecule has 6 heteroatoms. The third kappa shape index (κ3) is 2.42. The van der Waals surface area contributed by atoms with E-state index in [1.807, 2.05) is 0 Å². The van der Waals surface area contributed by atoms with Gasteiger partial charge in [0.25, 0.3) is 0 Å². The molecule has 0 unspecified atom stereocenters. The summed E-state index contributed by atoms with van der Waals surface area (Å²) in [6.45, 7) is 1.38. The smallest absolute Gasteiger partial charge is 0.216 e. The molecule has 0 bridgehead atoms. The maximum Gasteiger partial charge on any atom is 0.216 e. The molecule has 1 aliphatic heterocycles. The Labute approximate surface area is 81.9 Å². The second-order valence-corrected chi connectivity index (χ2v) is 3.48. The topological polar surface area (TPSA) is 102 Å². The fraction of sp³-hybridized carbons (Fsp3) is 0.875. The van der Waals surface area contributed by atoms with Crippen LogP contribution in [-0.4, -0.2) is 58.7 Å². The fourth-order valence-corrected chi connectivity index (χ4v) is 1.54. The third-order valence-corrected chi connectivity index (χ3v) is 2.37. The quantitative estimate of drug-likeness (QED) is 0.341. The Hall–Kier alpha value is -0.690. The number of amides is 1. The lowest BCUT2D eigenvalue weighted by atomic mass is 10.1. The number of carbonyl (C=O) groups excluding carboxylic acids is 1. The van der Waals surface area contributed by atoms with Crippen LogP contribution >= 0.6 is 0 Å². The van der Waals surface area contributed by atoms with Crippen LogP contribution in [0.25, 0.3) is 0 Å². The molecule has 0 radical (unpaired) electrons. The molecule has 0 spiro atoms. The average Bonchev–Trinajstić information content (AvgIpc) is 2.41. The zero-order valence-electron chi connectivity index (χ0n) is 7.97. The van der Waals surface area contributed by atoms with Crippen molar-refractivity contribution in [3.63, 3.8) is 0 Å². The Morgan fingerprint density at radius 1 is 1.36 bits per heavy atom. The molecule has 0 saturated carbocycles. The van der Waals surface area contributed by atoms with Crippen LogP contribution in [0.1, 0.15) is 6.92 Å². The van der Waals surface area contributed by atoms with Crippen LogP contribution in [0.4, 0.5) is 0 Å². The predicted octanol–water partition coefficient (Wildman–Crippen LogP) is -2.82. The van der Waals surface area contributed by atoms with Gasteiger partial charge in [-0.1, -0.05) is 0 Å². The molecule has 1 heterocycles. The number of hydrogen-bond donors (Lipinski definition) is 5. The van der Waals surface area contributed by atoms with Crippen LogP contribution < -0.4 is 10.6 Å². The number of hydrogen-bond acceptors (Lipinski definition) is 5. The summed E-state index contributed by atoms with van der Waals surface area (Å²) in [5.74, 6) is -0.194. The first-order valence-electron chi connectivity index (χ1n) is 4.53. The van der Waals surface area contributed by atoms with E-state index in [0.717, 1.165) is 0 Å². The Bertz CT molecular complexity index is 212. The van der Waals surface area contributed by atoms with Gasteiger partial charge in [0, 0.05) is 13.5 Å². The van der Waals surface area contributed by atoms with Crippen molar-refractivity contribution in [3.8, 4) is 0 Å². The van der Waals surface area contributed by atoms with Crippen molar-refractivity contribution in [1.29, 1.82) is 0 Å². The highest BCUT2D eigenvalue weighted by Crippen LogP contribution is 2.13. The van der Waals surface area contributed by atoms with Gasteiger partial charge in [0.15, 0.2) is 0 Å². The van der Waals surface area contributed by atoms with Crippen LogP contribution in [0, 0.1) is 0 Å². The SMILES string of the molecule is CC(=O)NC[C@H]1N[C@@H](CO)[C@H](O)[C@H]1O. The van der Waals surface area contributed by atoms with Crippen molar-refractivity contribution in [2.45, 2.75) is 31.2 Å². The van der Waals surface area contributed by atoms with Gasteiger partial charge in [-0.25, -0.2) is 0 Å². The van der Waals surface area contributed by atoms with E-state index < -0.39 is 24.3 Å². The molecule has 1 amide bonds. The highest BCUT2D eigenvalue weighted by Gasteiger charge is 2.40. The van der Waals surface area contributed by atoms with Crippen molar-refractivity contribution >= 4 is 5.91 Å². The minimum Gasteiger partial charge on any atom is -0.395 e. The summed E-state index contributed by atoms with van der Waals surface area (Å²) in [5.41, 5.74) is 0. The molecule has 82 valence electrons. The van der Waals surface area contributed by atoms with E-state index in [9.17, 15) is 15.0 Å². The average molecular weight is 204 g/mol. The lowest BCUT2D eigenvalue weighted by Gasteiger charge is -2.15. The first-order valence-corrected chi connectivity index (χ1v) is 4.53. The van der Waals surface area contributed by atoms with Gasteiger partial charge in [-0.3, -0.25) is 4.79 Å². The molecule has 0 aromatic heterocycles. The summed E-state index contributed by atoms with van der Waals surface area (Å²) in [6, 6.07) is -0.935. The molecular formula is C8H16N2O4. The van der Waals surface area contributed by atoms with Gasteiger partial charge in [-0.2, -0.15) is 0 Å². The summed E-state index contributed by atoms with van der Waals surface area (Å²) in [6.07, 6.45) is -1.95. The Kier molecular flexibility index (Phi) is 3.82. The van der Waals surface area contributed by atoms with Crippen LogP contribution in [0.15, 0.2) is 0 Å². The van der Waals surface area contributed by atoms with E-state index in [2.05, 4.69) is 10.6 Å². The van der Waals surface area contributed by atoms with Crippen molar-refractivity contribution in [1.82, 2.24) is 10.6 Å².